The van der Waals surface area contributed by atoms with E-state index >= 15 is 0 Å². The number of aromatic nitrogens is 4. The molecule has 7 heteroatoms. The number of hydrogen-bond acceptors (Lipinski definition) is 5. The van der Waals surface area contributed by atoms with Crippen molar-refractivity contribution in [2.45, 2.75) is 50.7 Å². The summed E-state index contributed by atoms with van der Waals surface area (Å²) in [5, 5.41) is 4.57. The number of nitrogens with zero attached hydrogens (tertiary/aromatic N) is 5. The summed E-state index contributed by atoms with van der Waals surface area (Å²) in [6, 6.07) is 5.35. The van der Waals surface area contributed by atoms with E-state index in [1.54, 1.807) is 30.2 Å². The molecule has 1 saturated carbocycles. The highest BCUT2D eigenvalue weighted by molar-refractivity contribution is 5.12. The second-order valence-corrected chi connectivity index (χ2v) is 7.15. The van der Waals surface area contributed by atoms with E-state index in [0.29, 0.717) is 19.0 Å². The monoisotopic (exact) mass is 341 g/mol. The summed E-state index contributed by atoms with van der Waals surface area (Å²) in [5.74, 6) is 0.538. The summed E-state index contributed by atoms with van der Waals surface area (Å²) in [6.07, 6.45) is 6.04. The largest absolute Gasteiger partial charge is 0.302 e. The van der Waals surface area contributed by atoms with Gasteiger partial charge in [-0.25, -0.2) is 9.67 Å². The van der Waals surface area contributed by atoms with E-state index in [0.717, 1.165) is 30.8 Å². The summed E-state index contributed by atoms with van der Waals surface area (Å²) < 4.78 is 3.09. The predicted octanol–water partition coefficient (Wildman–Crippen LogP) is 0.879. The molecule has 1 unspecified atom stereocenters. The summed E-state index contributed by atoms with van der Waals surface area (Å²) >= 11 is 0. The van der Waals surface area contributed by atoms with E-state index in [1.807, 2.05) is 6.07 Å². The van der Waals surface area contributed by atoms with Gasteiger partial charge in [-0.1, -0.05) is 0 Å². The fraction of sp³-hybridized carbons (Fsp3) is 0.556. The molecule has 4 rings (SSSR count). The van der Waals surface area contributed by atoms with Gasteiger partial charge < -0.3 is 4.57 Å². The minimum atomic E-state index is -0.0456. The first kappa shape index (κ1) is 16.2. The van der Waals surface area contributed by atoms with Gasteiger partial charge in [0.15, 0.2) is 0 Å². The molecule has 2 aliphatic rings. The quantitative estimate of drug-likeness (QED) is 0.807. The fourth-order valence-electron chi connectivity index (χ4n) is 3.50. The summed E-state index contributed by atoms with van der Waals surface area (Å²) in [6.45, 7) is 2.20. The van der Waals surface area contributed by atoms with Crippen molar-refractivity contribution in [1.29, 1.82) is 0 Å². The third-order valence-corrected chi connectivity index (χ3v) is 5.17. The summed E-state index contributed by atoms with van der Waals surface area (Å²) in [5.41, 5.74) is 1.73. The van der Waals surface area contributed by atoms with E-state index in [-0.39, 0.29) is 17.2 Å². The van der Waals surface area contributed by atoms with E-state index < -0.39 is 0 Å². The lowest BCUT2D eigenvalue weighted by molar-refractivity contribution is 0.213. The first-order chi connectivity index (χ1) is 12.1. The second kappa shape index (κ2) is 6.55. The van der Waals surface area contributed by atoms with Crippen molar-refractivity contribution in [1.82, 2.24) is 24.2 Å². The molecule has 0 N–H and O–H groups in total. The molecule has 7 nitrogen and oxygen atoms in total. The highest BCUT2D eigenvalue weighted by atomic mass is 16.1. The van der Waals surface area contributed by atoms with Gasteiger partial charge in [-0.05, 0) is 38.3 Å². The molecule has 1 aliphatic carbocycles. The van der Waals surface area contributed by atoms with Crippen molar-refractivity contribution < 1.29 is 0 Å². The molecule has 132 valence electrons. The molecular weight excluding hydrogens is 318 g/mol. The first-order valence-electron chi connectivity index (χ1n) is 8.94. The zero-order valence-corrected chi connectivity index (χ0v) is 14.5. The average Bonchev–Trinajstić information content (AvgIpc) is 3.35. The van der Waals surface area contributed by atoms with Crippen LogP contribution in [0.2, 0.25) is 0 Å². The van der Waals surface area contributed by atoms with E-state index in [9.17, 15) is 9.59 Å². The Morgan fingerprint density at radius 2 is 2.00 bits per heavy atom. The molecule has 0 spiro atoms. The van der Waals surface area contributed by atoms with Gasteiger partial charge in [0.1, 0.15) is 0 Å². The Labute approximate surface area is 145 Å². The van der Waals surface area contributed by atoms with Crippen LogP contribution in [-0.2, 0) is 20.1 Å². The lowest BCUT2D eigenvalue weighted by atomic mass is 10.2. The molecule has 2 fully saturated rings. The van der Waals surface area contributed by atoms with Crippen molar-refractivity contribution in [3.05, 3.63) is 56.6 Å². The first-order valence-corrected chi connectivity index (χ1v) is 8.94. The van der Waals surface area contributed by atoms with Crippen LogP contribution in [0.3, 0.4) is 0 Å². The maximum absolute atomic E-state index is 12.2. The highest BCUT2D eigenvalue weighted by Gasteiger charge is 2.28. The van der Waals surface area contributed by atoms with Crippen LogP contribution in [-0.4, -0.2) is 36.8 Å². The van der Waals surface area contributed by atoms with Crippen LogP contribution in [0.25, 0.3) is 0 Å². The molecular formula is C18H23N5O2. The van der Waals surface area contributed by atoms with Crippen molar-refractivity contribution in [2.24, 2.45) is 7.05 Å². The highest BCUT2D eigenvalue weighted by Crippen LogP contribution is 2.38. The van der Waals surface area contributed by atoms with Crippen molar-refractivity contribution in [2.75, 3.05) is 6.54 Å². The van der Waals surface area contributed by atoms with Crippen LogP contribution in [0, 0.1) is 0 Å². The molecule has 0 radical (unpaired) electrons. The third kappa shape index (κ3) is 3.56. The molecule has 0 aromatic carbocycles. The Bertz CT molecular complexity index is 884. The van der Waals surface area contributed by atoms with Gasteiger partial charge >= 0.3 is 0 Å². The number of likely N-dealkylation sites (tertiary alicyclic amines) is 1. The van der Waals surface area contributed by atoms with Crippen LogP contribution in [0.1, 0.15) is 43.0 Å². The van der Waals surface area contributed by atoms with Gasteiger partial charge in [0, 0.05) is 37.7 Å². The lowest BCUT2D eigenvalue weighted by Crippen LogP contribution is -2.37. The van der Waals surface area contributed by atoms with Gasteiger partial charge in [0.25, 0.3) is 11.1 Å². The summed E-state index contributed by atoms with van der Waals surface area (Å²) in [7, 11) is 1.70. The maximum atomic E-state index is 12.2. The zero-order chi connectivity index (χ0) is 17.4. The Kier molecular flexibility index (Phi) is 4.25. The molecule has 1 aliphatic heterocycles. The van der Waals surface area contributed by atoms with E-state index in [2.05, 4.69) is 15.0 Å². The van der Waals surface area contributed by atoms with Crippen molar-refractivity contribution in [3.63, 3.8) is 0 Å². The molecule has 0 bridgehead atoms. The third-order valence-electron chi connectivity index (χ3n) is 5.17. The van der Waals surface area contributed by atoms with Crippen LogP contribution in [0.5, 0.6) is 0 Å². The zero-order valence-electron chi connectivity index (χ0n) is 14.5. The van der Waals surface area contributed by atoms with Crippen molar-refractivity contribution in [3.8, 4) is 0 Å². The topological polar surface area (TPSA) is 73.0 Å². The Morgan fingerprint density at radius 1 is 1.16 bits per heavy atom. The van der Waals surface area contributed by atoms with Gasteiger partial charge in [-0.15, -0.1) is 0 Å². The Hall–Kier alpha value is -2.28. The molecule has 1 saturated heterocycles. The lowest BCUT2D eigenvalue weighted by Gasteiger charge is -2.24. The molecule has 2 aromatic heterocycles. The molecule has 2 aromatic rings. The average molecular weight is 341 g/mol. The Balaban J connectivity index is 1.50. The summed E-state index contributed by atoms with van der Waals surface area (Å²) in [4.78, 5) is 30.6. The second-order valence-electron chi connectivity index (χ2n) is 7.15. The van der Waals surface area contributed by atoms with Gasteiger partial charge in [0.05, 0.1) is 24.3 Å². The SMILES string of the molecule is Cn1cnc(CN2CCCC2Cn2nc(C3CC3)ccc2=O)cc1=O. The normalized spacial score (nSPS) is 20.9. The molecule has 25 heavy (non-hydrogen) atoms. The predicted molar refractivity (Wildman–Crippen MR) is 93.4 cm³/mol. The minimum absolute atomic E-state index is 0.0389. The van der Waals surface area contributed by atoms with Gasteiger partial charge in [-0.3, -0.25) is 14.5 Å². The van der Waals surface area contributed by atoms with E-state index in [4.69, 9.17) is 0 Å². The molecule has 1 atom stereocenters. The molecule has 0 amide bonds. The maximum Gasteiger partial charge on any atom is 0.266 e. The van der Waals surface area contributed by atoms with Gasteiger partial charge in [-0.2, -0.15) is 5.10 Å². The number of rotatable bonds is 5. The fourth-order valence-corrected chi connectivity index (χ4v) is 3.50. The standard InChI is InChI=1S/C18H23N5O2/c1-21-12-19-14(9-18(21)25)10-22-8-2-3-15(22)11-23-17(24)7-6-16(20-23)13-4-5-13/h6-7,9,12-13,15H,2-5,8,10-11H2,1H3. The van der Waals surface area contributed by atoms with Crippen LogP contribution >= 0.6 is 0 Å². The number of aryl methyl sites for hydroxylation is 1. The molecule has 3 heterocycles. The van der Waals surface area contributed by atoms with Crippen molar-refractivity contribution >= 4 is 0 Å². The number of hydrogen-bond donors (Lipinski definition) is 0. The smallest absolute Gasteiger partial charge is 0.266 e. The van der Waals surface area contributed by atoms with Crippen LogP contribution < -0.4 is 11.1 Å². The minimum Gasteiger partial charge on any atom is -0.302 e. The van der Waals surface area contributed by atoms with Crippen LogP contribution in [0.15, 0.2) is 34.1 Å². The van der Waals surface area contributed by atoms with Gasteiger partial charge in [0.2, 0.25) is 0 Å². The van der Waals surface area contributed by atoms with Crippen LogP contribution in [0.4, 0.5) is 0 Å². The van der Waals surface area contributed by atoms with E-state index in [1.165, 1.54) is 17.4 Å². The Morgan fingerprint density at radius 3 is 2.76 bits per heavy atom.